The average Bonchev–Trinajstić information content (AvgIpc) is 3.34. The van der Waals surface area contributed by atoms with Crippen LogP contribution in [0.25, 0.3) is 0 Å². The second kappa shape index (κ2) is 7.23. The Morgan fingerprint density at radius 3 is 2.84 bits per heavy atom. The molecule has 3 unspecified atom stereocenters. The van der Waals surface area contributed by atoms with E-state index in [-0.39, 0.29) is 23.5 Å². The molecule has 1 N–H and O–H groups in total. The van der Waals surface area contributed by atoms with Crippen molar-refractivity contribution in [1.29, 1.82) is 0 Å². The molecule has 0 spiro atoms. The number of hydrogen-bond acceptors (Lipinski definition) is 3. The Bertz CT molecular complexity index is 619. The van der Waals surface area contributed by atoms with E-state index in [2.05, 4.69) is 10.1 Å². The zero-order chi connectivity index (χ0) is 18.0. The molecule has 1 aliphatic carbocycles. The van der Waals surface area contributed by atoms with Crippen LogP contribution in [-0.2, 0) is 4.79 Å². The van der Waals surface area contributed by atoms with Gasteiger partial charge in [-0.15, -0.1) is 13.2 Å². The number of carbonyl (C=O) groups is 1. The van der Waals surface area contributed by atoms with Crippen LogP contribution in [0.3, 0.4) is 0 Å². The lowest BCUT2D eigenvalue weighted by Crippen LogP contribution is -2.43. The Balaban J connectivity index is 1.65. The number of nitrogens with one attached hydrogen (secondary N) is 1. The number of benzene rings is 1. The van der Waals surface area contributed by atoms with E-state index >= 15 is 0 Å². The fourth-order valence-corrected chi connectivity index (χ4v) is 3.77. The van der Waals surface area contributed by atoms with Gasteiger partial charge in [0.2, 0.25) is 5.91 Å². The molecule has 3 atom stereocenters. The van der Waals surface area contributed by atoms with Crippen LogP contribution < -0.4 is 10.1 Å². The van der Waals surface area contributed by atoms with Crippen LogP contribution in [0.4, 0.5) is 13.2 Å². The van der Waals surface area contributed by atoms with Gasteiger partial charge in [0.15, 0.2) is 0 Å². The third-order valence-corrected chi connectivity index (χ3v) is 4.98. The van der Waals surface area contributed by atoms with Gasteiger partial charge in [0, 0.05) is 19.0 Å². The smallest absolute Gasteiger partial charge is 0.405 e. The molecule has 1 aromatic rings. The Hall–Kier alpha value is -1.76. The van der Waals surface area contributed by atoms with Crippen molar-refractivity contribution in [3.63, 3.8) is 0 Å². The number of carbonyl (C=O) groups excluding carboxylic acids is 1. The summed E-state index contributed by atoms with van der Waals surface area (Å²) in [6, 6.07) is 6.13. The molecule has 1 saturated heterocycles. The molecule has 0 aromatic heterocycles. The van der Waals surface area contributed by atoms with Crippen LogP contribution in [-0.4, -0.2) is 43.9 Å². The minimum absolute atomic E-state index is 0.0626. The van der Waals surface area contributed by atoms with Crippen molar-refractivity contribution in [3.8, 4) is 5.75 Å². The van der Waals surface area contributed by atoms with E-state index in [1.165, 1.54) is 12.1 Å². The topological polar surface area (TPSA) is 41.6 Å². The van der Waals surface area contributed by atoms with E-state index in [4.69, 9.17) is 0 Å². The molecule has 1 heterocycles. The average molecular weight is 356 g/mol. The molecule has 3 rings (SSSR count). The van der Waals surface area contributed by atoms with Crippen LogP contribution >= 0.6 is 0 Å². The zero-order valence-corrected chi connectivity index (χ0v) is 14.2. The van der Waals surface area contributed by atoms with E-state index in [0.717, 1.165) is 32.5 Å². The van der Waals surface area contributed by atoms with Crippen LogP contribution in [0.5, 0.6) is 5.75 Å². The molecular weight excluding hydrogens is 333 g/mol. The monoisotopic (exact) mass is 356 g/mol. The van der Waals surface area contributed by atoms with Crippen molar-refractivity contribution in [2.45, 2.75) is 31.5 Å². The first-order chi connectivity index (χ1) is 11.9. The Kier molecular flexibility index (Phi) is 5.22. The van der Waals surface area contributed by atoms with E-state index in [1.807, 2.05) is 11.9 Å². The highest BCUT2D eigenvalue weighted by Crippen LogP contribution is 2.52. The molecular formula is C18H23F3N2O2. The predicted molar refractivity (Wildman–Crippen MR) is 87.2 cm³/mol. The molecule has 0 bridgehead atoms. The first-order valence-corrected chi connectivity index (χ1v) is 8.67. The van der Waals surface area contributed by atoms with Gasteiger partial charge in [-0.3, -0.25) is 4.79 Å². The molecule has 2 fully saturated rings. The van der Waals surface area contributed by atoms with Crippen molar-refractivity contribution in [3.05, 3.63) is 29.8 Å². The fourth-order valence-electron chi connectivity index (χ4n) is 3.77. The van der Waals surface area contributed by atoms with Gasteiger partial charge in [0.25, 0.3) is 0 Å². The van der Waals surface area contributed by atoms with Crippen molar-refractivity contribution >= 4 is 5.91 Å². The van der Waals surface area contributed by atoms with Gasteiger partial charge in [0.1, 0.15) is 5.75 Å². The van der Waals surface area contributed by atoms with Gasteiger partial charge >= 0.3 is 6.36 Å². The van der Waals surface area contributed by atoms with Crippen LogP contribution in [0.1, 0.15) is 30.7 Å². The normalized spacial score (nSPS) is 26.4. The lowest BCUT2D eigenvalue weighted by atomic mass is 9.97. The number of para-hydroxylation sites is 1. The molecule has 138 valence electrons. The molecule has 1 saturated carbocycles. The number of ether oxygens (including phenoxy) is 1. The van der Waals surface area contributed by atoms with E-state index in [1.54, 1.807) is 12.1 Å². The number of piperidine rings is 1. The summed E-state index contributed by atoms with van der Waals surface area (Å²) in [4.78, 5) is 14.6. The highest BCUT2D eigenvalue weighted by Gasteiger charge is 2.48. The van der Waals surface area contributed by atoms with E-state index < -0.39 is 6.36 Å². The van der Waals surface area contributed by atoms with Gasteiger partial charge in [-0.2, -0.15) is 0 Å². The zero-order valence-electron chi connectivity index (χ0n) is 14.2. The van der Waals surface area contributed by atoms with E-state index in [0.29, 0.717) is 17.9 Å². The number of amides is 1. The maximum atomic E-state index is 12.7. The minimum atomic E-state index is -4.72. The highest BCUT2D eigenvalue weighted by molar-refractivity contribution is 5.83. The van der Waals surface area contributed by atoms with Crippen LogP contribution in [0.2, 0.25) is 0 Å². The van der Waals surface area contributed by atoms with Crippen molar-refractivity contribution in [1.82, 2.24) is 10.2 Å². The molecule has 1 aromatic carbocycles. The third-order valence-electron chi connectivity index (χ3n) is 4.98. The summed E-state index contributed by atoms with van der Waals surface area (Å²) in [7, 11) is 1.90. The SMILES string of the molecule is CNCC1CCCN(C(=O)C2CC2c2ccccc2OC(F)(F)F)C1. The molecule has 1 aliphatic heterocycles. The van der Waals surface area contributed by atoms with Gasteiger partial charge in [-0.05, 0) is 56.3 Å². The predicted octanol–water partition coefficient (Wildman–Crippen LogP) is 3.15. The Morgan fingerprint density at radius 1 is 1.36 bits per heavy atom. The first-order valence-electron chi connectivity index (χ1n) is 8.67. The number of alkyl halides is 3. The summed E-state index contributed by atoms with van der Waals surface area (Å²) in [6.07, 6.45) is -2.06. The summed E-state index contributed by atoms with van der Waals surface area (Å²) < 4.78 is 41.8. The minimum Gasteiger partial charge on any atom is -0.405 e. The number of nitrogens with zero attached hydrogens (tertiary/aromatic N) is 1. The summed E-state index contributed by atoms with van der Waals surface area (Å²) >= 11 is 0. The maximum Gasteiger partial charge on any atom is 0.573 e. The number of rotatable bonds is 5. The first kappa shape index (κ1) is 18.0. The quantitative estimate of drug-likeness (QED) is 0.881. The summed E-state index contributed by atoms with van der Waals surface area (Å²) in [5.41, 5.74) is 0.474. The molecule has 1 amide bonds. The molecule has 4 nitrogen and oxygen atoms in total. The van der Waals surface area contributed by atoms with E-state index in [9.17, 15) is 18.0 Å². The molecule has 25 heavy (non-hydrogen) atoms. The standard InChI is InChI=1S/C18H23F3N2O2/c1-22-10-12-5-4-8-23(11-12)17(24)15-9-14(15)13-6-2-3-7-16(13)25-18(19,20)21/h2-3,6-7,12,14-15,22H,4-5,8-11H2,1H3. The molecule has 2 aliphatic rings. The number of likely N-dealkylation sites (tertiary alicyclic amines) is 1. The summed E-state index contributed by atoms with van der Waals surface area (Å²) in [6.45, 7) is 2.34. The Morgan fingerprint density at radius 2 is 2.12 bits per heavy atom. The highest BCUT2D eigenvalue weighted by atomic mass is 19.4. The summed E-state index contributed by atoms with van der Waals surface area (Å²) in [5, 5.41) is 3.14. The van der Waals surface area contributed by atoms with Crippen molar-refractivity contribution < 1.29 is 22.7 Å². The lowest BCUT2D eigenvalue weighted by Gasteiger charge is -2.33. The largest absolute Gasteiger partial charge is 0.573 e. The summed E-state index contributed by atoms with van der Waals surface area (Å²) in [5.74, 6) is -0.0996. The van der Waals surface area contributed by atoms with Gasteiger partial charge < -0.3 is 15.0 Å². The van der Waals surface area contributed by atoms with Gasteiger partial charge in [-0.1, -0.05) is 18.2 Å². The van der Waals surface area contributed by atoms with Crippen LogP contribution in [0.15, 0.2) is 24.3 Å². The lowest BCUT2D eigenvalue weighted by molar-refractivity contribution is -0.274. The third kappa shape index (κ3) is 4.45. The van der Waals surface area contributed by atoms with Crippen LogP contribution in [0, 0.1) is 11.8 Å². The van der Waals surface area contributed by atoms with Gasteiger partial charge in [0.05, 0.1) is 0 Å². The molecule has 0 radical (unpaired) electrons. The second-order valence-corrected chi connectivity index (χ2v) is 6.88. The maximum absolute atomic E-state index is 12.7. The number of halogens is 3. The van der Waals surface area contributed by atoms with Crippen molar-refractivity contribution in [2.24, 2.45) is 11.8 Å². The van der Waals surface area contributed by atoms with Gasteiger partial charge in [-0.25, -0.2) is 0 Å². The second-order valence-electron chi connectivity index (χ2n) is 6.88. The van der Waals surface area contributed by atoms with Crippen molar-refractivity contribution in [2.75, 3.05) is 26.7 Å². The number of hydrogen-bond donors (Lipinski definition) is 1. The molecule has 7 heteroatoms. The fraction of sp³-hybridized carbons (Fsp3) is 0.611. The Labute approximate surface area is 145 Å².